The third kappa shape index (κ3) is 3.51. The van der Waals surface area contributed by atoms with Crippen LogP contribution in [0.15, 0.2) is 48.5 Å². The highest BCUT2D eigenvalue weighted by Gasteiger charge is 2.23. The first-order valence-electron chi connectivity index (χ1n) is 7.68. The van der Waals surface area contributed by atoms with Crippen molar-refractivity contribution in [3.05, 3.63) is 59.9 Å². The number of aromatic nitrogens is 2. The summed E-state index contributed by atoms with van der Waals surface area (Å²) in [5.41, 5.74) is 1.22. The number of nitrogens with zero attached hydrogens (tertiary/aromatic N) is 3. The van der Waals surface area contributed by atoms with E-state index in [1.807, 2.05) is 13.0 Å². The number of amides is 1. The molecule has 0 N–H and O–H groups in total. The average Bonchev–Trinajstić information content (AvgIpc) is 3.12. The van der Waals surface area contributed by atoms with E-state index in [1.165, 1.54) is 30.6 Å². The summed E-state index contributed by atoms with van der Waals surface area (Å²) >= 11 is 1.28. The van der Waals surface area contributed by atoms with Crippen LogP contribution in [-0.2, 0) is 0 Å². The minimum atomic E-state index is -0.310. The fraction of sp³-hybridized carbons (Fsp3) is 0.167. The summed E-state index contributed by atoms with van der Waals surface area (Å²) in [4.78, 5) is 14.4. The van der Waals surface area contributed by atoms with E-state index in [2.05, 4.69) is 10.2 Å². The Morgan fingerprint density at radius 1 is 1.16 bits per heavy atom. The smallest absolute Gasteiger partial charge is 0.263 e. The number of carbonyl (C=O) groups is 1. The van der Waals surface area contributed by atoms with Crippen molar-refractivity contribution in [3.63, 3.8) is 0 Å². The lowest BCUT2D eigenvalue weighted by atomic mass is 10.2. The van der Waals surface area contributed by atoms with E-state index in [0.29, 0.717) is 28.0 Å². The van der Waals surface area contributed by atoms with E-state index >= 15 is 0 Å². The molecule has 2 aromatic carbocycles. The molecular formula is C18H16FN3O2S. The molecule has 0 aliphatic rings. The topological polar surface area (TPSA) is 55.3 Å². The van der Waals surface area contributed by atoms with Gasteiger partial charge in [0.05, 0.1) is 12.7 Å². The van der Waals surface area contributed by atoms with E-state index < -0.39 is 0 Å². The molecule has 0 atom stereocenters. The highest BCUT2D eigenvalue weighted by molar-refractivity contribution is 7.18. The fourth-order valence-corrected chi connectivity index (χ4v) is 3.28. The molecular weight excluding hydrogens is 341 g/mol. The Morgan fingerprint density at radius 2 is 1.88 bits per heavy atom. The lowest BCUT2D eigenvalue weighted by Crippen LogP contribution is -2.30. The number of methoxy groups -OCH3 is 1. The van der Waals surface area contributed by atoms with Crippen LogP contribution in [-0.4, -0.2) is 29.8 Å². The van der Waals surface area contributed by atoms with E-state index in [9.17, 15) is 9.18 Å². The molecule has 1 amide bonds. The summed E-state index contributed by atoms with van der Waals surface area (Å²) in [5, 5.41) is 9.36. The number of rotatable bonds is 5. The van der Waals surface area contributed by atoms with Crippen molar-refractivity contribution >= 4 is 22.4 Å². The zero-order valence-electron chi connectivity index (χ0n) is 13.8. The van der Waals surface area contributed by atoms with E-state index in [0.717, 1.165) is 5.56 Å². The third-order valence-electron chi connectivity index (χ3n) is 3.64. The van der Waals surface area contributed by atoms with Gasteiger partial charge in [-0.05, 0) is 43.3 Å². The van der Waals surface area contributed by atoms with E-state index in [4.69, 9.17) is 4.74 Å². The molecule has 25 heavy (non-hydrogen) atoms. The monoisotopic (exact) mass is 357 g/mol. The molecule has 7 heteroatoms. The molecule has 0 fully saturated rings. The SMILES string of the molecule is CCN(C(=O)c1ccccc1OC)c1nnc(-c2ccc(F)cc2)s1. The summed E-state index contributed by atoms with van der Waals surface area (Å²) in [5.74, 6) is -0.00833. The van der Waals surface area contributed by atoms with Gasteiger partial charge in [0, 0.05) is 12.1 Å². The fourth-order valence-electron chi connectivity index (χ4n) is 2.37. The maximum atomic E-state index is 13.1. The Hall–Kier alpha value is -2.80. The second kappa shape index (κ2) is 7.40. The summed E-state index contributed by atoms with van der Waals surface area (Å²) in [6.07, 6.45) is 0. The first kappa shape index (κ1) is 17.0. The minimum absolute atomic E-state index is 0.207. The van der Waals surface area contributed by atoms with Gasteiger partial charge in [-0.3, -0.25) is 9.69 Å². The van der Waals surface area contributed by atoms with Gasteiger partial charge in [-0.1, -0.05) is 23.5 Å². The standard InChI is InChI=1S/C18H16FN3O2S/c1-3-22(17(23)14-6-4-5-7-15(14)24-2)18-21-20-16(25-18)12-8-10-13(19)11-9-12/h4-11H,3H2,1-2H3. The van der Waals surface area contributed by atoms with Crippen LogP contribution < -0.4 is 9.64 Å². The average molecular weight is 357 g/mol. The van der Waals surface area contributed by atoms with Gasteiger partial charge in [-0.2, -0.15) is 0 Å². The molecule has 0 aliphatic heterocycles. The van der Waals surface area contributed by atoms with E-state index in [1.54, 1.807) is 35.2 Å². The van der Waals surface area contributed by atoms with Crippen LogP contribution in [0.1, 0.15) is 17.3 Å². The van der Waals surface area contributed by atoms with Crippen molar-refractivity contribution < 1.29 is 13.9 Å². The van der Waals surface area contributed by atoms with Gasteiger partial charge in [-0.15, -0.1) is 10.2 Å². The molecule has 3 rings (SSSR count). The van der Waals surface area contributed by atoms with Gasteiger partial charge >= 0.3 is 0 Å². The predicted molar refractivity (Wildman–Crippen MR) is 95.6 cm³/mol. The van der Waals surface area contributed by atoms with Crippen LogP contribution in [0.4, 0.5) is 9.52 Å². The normalized spacial score (nSPS) is 10.5. The quantitative estimate of drug-likeness (QED) is 0.692. The van der Waals surface area contributed by atoms with Crippen LogP contribution in [0.3, 0.4) is 0 Å². The summed E-state index contributed by atoms with van der Waals surface area (Å²) in [7, 11) is 1.53. The largest absolute Gasteiger partial charge is 0.496 e. The molecule has 128 valence electrons. The summed E-state index contributed by atoms with van der Waals surface area (Å²) in [6, 6.07) is 13.1. The first-order valence-corrected chi connectivity index (χ1v) is 8.50. The number of ether oxygens (including phenoxy) is 1. The molecule has 0 radical (unpaired) electrons. The number of carbonyl (C=O) groups excluding carboxylic acids is 1. The summed E-state index contributed by atoms with van der Waals surface area (Å²) < 4.78 is 18.3. The Bertz CT molecular complexity index is 880. The Balaban J connectivity index is 1.91. The van der Waals surface area contributed by atoms with Crippen molar-refractivity contribution in [2.24, 2.45) is 0 Å². The van der Waals surface area contributed by atoms with Gasteiger partial charge in [0.2, 0.25) is 5.13 Å². The molecule has 5 nitrogen and oxygen atoms in total. The summed E-state index contributed by atoms with van der Waals surface area (Å²) in [6.45, 7) is 2.31. The number of benzene rings is 2. The van der Waals surface area contributed by atoms with Crippen molar-refractivity contribution in [2.75, 3.05) is 18.6 Å². The molecule has 0 spiro atoms. The first-order chi connectivity index (χ1) is 12.1. The van der Waals surface area contributed by atoms with Crippen molar-refractivity contribution in [2.45, 2.75) is 6.92 Å². The van der Waals surface area contributed by atoms with Gasteiger partial charge in [-0.25, -0.2) is 4.39 Å². The molecule has 0 saturated carbocycles. The number of halogens is 1. The minimum Gasteiger partial charge on any atom is -0.496 e. The van der Waals surface area contributed by atoms with Gasteiger partial charge in [0.25, 0.3) is 5.91 Å². The van der Waals surface area contributed by atoms with Crippen LogP contribution in [0.25, 0.3) is 10.6 Å². The molecule has 0 bridgehead atoms. The van der Waals surface area contributed by atoms with Crippen LogP contribution in [0.5, 0.6) is 5.75 Å². The Morgan fingerprint density at radius 3 is 2.56 bits per heavy atom. The number of hydrogen-bond donors (Lipinski definition) is 0. The van der Waals surface area contributed by atoms with Crippen LogP contribution >= 0.6 is 11.3 Å². The second-order valence-electron chi connectivity index (χ2n) is 5.15. The molecule has 0 saturated heterocycles. The predicted octanol–water partition coefficient (Wildman–Crippen LogP) is 4.02. The lowest BCUT2D eigenvalue weighted by molar-refractivity contribution is 0.0985. The van der Waals surface area contributed by atoms with Gasteiger partial charge < -0.3 is 4.74 Å². The molecule has 0 aliphatic carbocycles. The highest BCUT2D eigenvalue weighted by Crippen LogP contribution is 2.30. The number of hydrogen-bond acceptors (Lipinski definition) is 5. The molecule has 0 unspecified atom stereocenters. The third-order valence-corrected chi connectivity index (χ3v) is 4.63. The number of para-hydroxylation sites is 1. The van der Waals surface area contributed by atoms with Gasteiger partial charge in [0.1, 0.15) is 16.6 Å². The van der Waals surface area contributed by atoms with Crippen LogP contribution in [0.2, 0.25) is 0 Å². The van der Waals surface area contributed by atoms with E-state index in [-0.39, 0.29) is 11.7 Å². The van der Waals surface area contributed by atoms with Crippen molar-refractivity contribution in [1.82, 2.24) is 10.2 Å². The Kier molecular flexibility index (Phi) is 5.04. The Labute approximate surface area is 148 Å². The lowest BCUT2D eigenvalue weighted by Gasteiger charge is -2.18. The van der Waals surface area contributed by atoms with Crippen molar-refractivity contribution in [3.8, 4) is 16.3 Å². The van der Waals surface area contributed by atoms with Crippen LogP contribution in [0, 0.1) is 5.82 Å². The molecule has 1 heterocycles. The maximum absolute atomic E-state index is 13.1. The highest BCUT2D eigenvalue weighted by atomic mass is 32.1. The second-order valence-corrected chi connectivity index (χ2v) is 6.10. The van der Waals surface area contributed by atoms with Gasteiger partial charge in [0.15, 0.2) is 0 Å². The maximum Gasteiger partial charge on any atom is 0.263 e. The number of anilines is 1. The molecule has 3 aromatic rings. The zero-order chi connectivity index (χ0) is 17.8. The molecule has 1 aromatic heterocycles. The zero-order valence-corrected chi connectivity index (χ0v) is 14.6. The van der Waals surface area contributed by atoms with Crippen molar-refractivity contribution in [1.29, 1.82) is 0 Å².